The minimum Gasteiger partial charge on any atom is -0.489 e. The van der Waals surface area contributed by atoms with Crippen molar-refractivity contribution in [2.24, 2.45) is 5.10 Å². The highest BCUT2D eigenvalue weighted by molar-refractivity contribution is 8.00. The van der Waals surface area contributed by atoms with Crippen LogP contribution < -0.4 is 10.2 Å². The van der Waals surface area contributed by atoms with Crippen molar-refractivity contribution < 1.29 is 9.53 Å². The molecule has 166 valence electrons. The molecule has 1 atom stereocenters. The fourth-order valence-corrected chi connectivity index (χ4v) is 4.16. The summed E-state index contributed by atoms with van der Waals surface area (Å²) in [6, 6.07) is 29.6. The summed E-state index contributed by atoms with van der Waals surface area (Å²) in [5.74, 6) is 0.610. The quantitative estimate of drug-likeness (QED) is 0.175. The van der Waals surface area contributed by atoms with Crippen molar-refractivity contribution in [2.45, 2.75) is 23.7 Å². The lowest BCUT2D eigenvalue weighted by atomic mass is 10.1. The van der Waals surface area contributed by atoms with Crippen LogP contribution in [-0.4, -0.2) is 17.4 Å². The average molecular weight is 475 g/mol. The molecule has 0 saturated heterocycles. The van der Waals surface area contributed by atoms with Crippen molar-refractivity contribution in [1.29, 1.82) is 0 Å². The van der Waals surface area contributed by atoms with Gasteiger partial charge in [0.05, 0.1) is 11.5 Å². The first-order chi connectivity index (χ1) is 16.1. The number of nitrogens with zero attached hydrogens (tertiary/aromatic N) is 1. The zero-order chi connectivity index (χ0) is 23.0. The maximum absolute atomic E-state index is 12.3. The van der Waals surface area contributed by atoms with E-state index in [0.717, 1.165) is 21.8 Å². The number of ether oxygens (including phenoxy) is 1. The van der Waals surface area contributed by atoms with Gasteiger partial charge in [-0.2, -0.15) is 5.10 Å². The zero-order valence-corrected chi connectivity index (χ0v) is 19.6. The molecular formula is C27H23ClN2O2S. The smallest absolute Gasteiger partial charge is 0.253 e. The molecule has 0 heterocycles. The third-order valence-electron chi connectivity index (χ3n) is 4.98. The van der Waals surface area contributed by atoms with Gasteiger partial charge in [-0.3, -0.25) is 4.79 Å². The maximum atomic E-state index is 12.3. The summed E-state index contributed by atoms with van der Waals surface area (Å²) >= 11 is 7.35. The molecule has 0 aromatic heterocycles. The first-order valence-electron chi connectivity index (χ1n) is 10.5. The Morgan fingerprint density at radius 3 is 2.48 bits per heavy atom. The first-order valence-corrected chi connectivity index (χ1v) is 11.8. The van der Waals surface area contributed by atoms with Crippen LogP contribution in [0.15, 0.2) is 101 Å². The molecule has 0 spiro atoms. The Morgan fingerprint density at radius 2 is 1.73 bits per heavy atom. The van der Waals surface area contributed by atoms with Crippen LogP contribution in [0.1, 0.15) is 18.1 Å². The number of nitrogens with one attached hydrogen (secondary N) is 1. The van der Waals surface area contributed by atoms with Gasteiger partial charge in [-0.25, -0.2) is 5.43 Å². The average Bonchev–Trinajstić information content (AvgIpc) is 2.84. The Kier molecular flexibility index (Phi) is 7.66. The summed E-state index contributed by atoms with van der Waals surface area (Å²) in [6.45, 7) is 2.34. The van der Waals surface area contributed by atoms with E-state index in [9.17, 15) is 4.79 Å². The molecule has 6 heteroatoms. The standard InChI is InChI=1S/C27H23ClN2O2S/c1-19(33-26-14-10-24(28)11-15-26)27(31)30-29-17-20-7-12-25(13-8-20)32-18-21-6-9-22-4-2-3-5-23(22)16-21/h2-17,19H,18H2,1H3,(H,30,31)/b29-17+. The second-order valence-corrected chi connectivity index (χ2v) is 9.34. The Hall–Kier alpha value is -3.28. The summed E-state index contributed by atoms with van der Waals surface area (Å²) in [5.41, 5.74) is 4.58. The van der Waals surface area contributed by atoms with Gasteiger partial charge in [0.15, 0.2) is 0 Å². The van der Waals surface area contributed by atoms with Gasteiger partial charge < -0.3 is 4.74 Å². The number of halogens is 1. The number of hydrogen-bond acceptors (Lipinski definition) is 4. The van der Waals surface area contributed by atoms with Gasteiger partial charge >= 0.3 is 0 Å². The van der Waals surface area contributed by atoms with Gasteiger partial charge in [-0.15, -0.1) is 11.8 Å². The summed E-state index contributed by atoms with van der Waals surface area (Å²) in [4.78, 5) is 13.2. The predicted molar refractivity (Wildman–Crippen MR) is 137 cm³/mol. The van der Waals surface area contributed by atoms with Crippen molar-refractivity contribution in [3.8, 4) is 5.75 Å². The van der Waals surface area contributed by atoms with Crippen LogP contribution in [0.25, 0.3) is 10.8 Å². The van der Waals surface area contributed by atoms with E-state index in [-0.39, 0.29) is 11.2 Å². The SMILES string of the molecule is CC(Sc1ccc(Cl)cc1)C(=O)N/N=C/c1ccc(OCc2ccc3ccccc3c2)cc1. The molecule has 4 rings (SSSR count). The Morgan fingerprint density at radius 1 is 1.00 bits per heavy atom. The second-order valence-electron chi connectivity index (χ2n) is 7.49. The van der Waals surface area contributed by atoms with E-state index in [4.69, 9.17) is 16.3 Å². The molecule has 1 amide bonds. The summed E-state index contributed by atoms with van der Waals surface area (Å²) in [7, 11) is 0. The minimum absolute atomic E-state index is 0.165. The first kappa shape index (κ1) is 22.9. The van der Waals surface area contributed by atoms with Crippen LogP contribution in [0.3, 0.4) is 0 Å². The lowest BCUT2D eigenvalue weighted by molar-refractivity contribution is -0.120. The van der Waals surface area contributed by atoms with Crippen molar-refractivity contribution in [1.82, 2.24) is 5.43 Å². The Bertz CT molecular complexity index is 1260. The summed E-state index contributed by atoms with van der Waals surface area (Å²) < 4.78 is 5.91. The summed E-state index contributed by atoms with van der Waals surface area (Å²) in [5, 5.41) is 6.88. The third kappa shape index (κ3) is 6.60. The van der Waals surface area contributed by atoms with Gasteiger partial charge in [0.2, 0.25) is 0 Å². The van der Waals surface area contributed by atoms with Gasteiger partial charge in [-0.05, 0) is 83.4 Å². The van der Waals surface area contributed by atoms with Gasteiger partial charge in [-0.1, -0.05) is 48.0 Å². The predicted octanol–water partition coefficient (Wildman–Crippen LogP) is 6.70. The molecule has 4 aromatic rings. The van der Waals surface area contributed by atoms with Crippen LogP contribution in [0.5, 0.6) is 5.75 Å². The van der Waals surface area contributed by atoms with Gasteiger partial charge in [0.25, 0.3) is 5.91 Å². The molecular weight excluding hydrogens is 452 g/mol. The third-order valence-corrected chi connectivity index (χ3v) is 6.35. The Labute approximate surface area is 202 Å². The normalized spacial score (nSPS) is 12.1. The highest BCUT2D eigenvalue weighted by atomic mass is 35.5. The van der Waals surface area contributed by atoms with Crippen molar-refractivity contribution in [3.05, 3.63) is 107 Å². The molecule has 0 saturated carbocycles. The van der Waals surface area contributed by atoms with Crippen LogP contribution in [0.2, 0.25) is 5.02 Å². The molecule has 0 aliphatic rings. The fourth-order valence-electron chi connectivity index (χ4n) is 3.18. The minimum atomic E-state index is -0.283. The molecule has 4 aromatic carbocycles. The van der Waals surface area contributed by atoms with Crippen LogP contribution in [-0.2, 0) is 11.4 Å². The number of thioether (sulfide) groups is 1. The molecule has 0 aliphatic carbocycles. The van der Waals surface area contributed by atoms with Crippen LogP contribution in [0, 0.1) is 0 Å². The molecule has 1 N–H and O–H groups in total. The number of hydrazone groups is 1. The van der Waals surface area contributed by atoms with Gasteiger partial charge in [0, 0.05) is 9.92 Å². The molecule has 1 unspecified atom stereocenters. The van der Waals surface area contributed by atoms with Crippen LogP contribution in [0.4, 0.5) is 0 Å². The zero-order valence-electron chi connectivity index (χ0n) is 18.1. The van der Waals surface area contributed by atoms with Crippen molar-refractivity contribution in [3.63, 3.8) is 0 Å². The lowest BCUT2D eigenvalue weighted by Gasteiger charge is -2.09. The van der Waals surface area contributed by atoms with E-state index in [1.807, 2.05) is 67.6 Å². The molecule has 0 aliphatic heterocycles. The Balaban J connectivity index is 1.26. The topological polar surface area (TPSA) is 50.7 Å². The highest BCUT2D eigenvalue weighted by Crippen LogP contribution is 2.24. The molecule has 33 heavy (non-hydrogen) atoms. The highest BCUT2D eigenvalue weighted by Gasteiger charge is 2.13. The monoisotopic (exact) mass is 474 g/mol. The van der Waals surface area contributed by atoms with Crippen molar-refractivity contribution >= 4 is 46.3 Å². The van der Waals surface area contributed by atoms with E-state index >= 15 is 0 Å². The molecule has 4 nitrogen and oxygen atoms in total. The fraction of sp³-hybridized carbons (Fsp3) is 0.111. The molecule has 0 radical (unpaired) electrons. The number of carbonyl (C=O) groups excluding carboxylic acids is 1. The maximum Gasteiger partial charge on any atom is 0.253 e. The van der Waals surface area contributed by atoms with E-state index < -0.39 is 0 Å². The number of fused-ring (bicyclic) bond motifs is 1. The number of benzene rings is 4. The van der Waals surface area contributed by atoms with Gasteiger partial charge in [0.1, 0.15) is 12.4 Å². The lowest BCUT2D eigenvalue weighted by Crippen LogP contribution is -2.26. The second kappa shape index (κ2) is 11.0. The largest absolute Gasteiger partial charge is 0.489 e. The number of rotatable bonds is 8. The van der Waals surface area contributed by atoms with E-state index in [2.05, 4.69) is 40.9 Å². The van der Waals surface area contributed by atoms with Crippen LogP contribution >= 0.6 is 23.4 Å². The number of amides is 1. The summed E-state index contributed by atoms with van der Waals surface area (Å²) in [6.07, 6.45) is 1.62. The van der Waals surface area contributed by atoms with Crippen molar-refractivity contribution in [2.75, 3.05) is 0 Å². The molecule has 0 fully saturated rings. The van der Waals surface area contributed by atoms with E-state index in [1.165, 1.54) is 22.5 Å². The molecule has 0 bridgehead atoms. The number of hydrogen-bond donors (Lipinski definition) is 1. The van der Waals surface area contributed by atoms with E-state index in [0.29, 0.717) is 11.6 Å². The number of carbonyl (C=O) groups is 1. The van der Waals surface area contributed by atoms with E-state index in [1.54, 1.807) is 6.21 Å².